The molecule has 4 rings (SSSR count). The van der Waals surface area contributed by atoms with Crippen molar-refractivity contribution in [3.8, 4) is 22.9 Å². The second-order valence-corrected chi connectivity index (χ2v) is 6.65. The van der Waals surface area contributed by atoms with Crippen LogP contribution < -0.4 is 19.5 Å². The Bertz CT molecular complexity index is 964. The maximum absolute atomic E-state index is 5.86. The smallest absolute Gasteiger partial charge is 0.163 e. The number of hydrogen-bond acceptors (Lipinski definition) is 4. The number of methoxy groups -OCH3 is 1. The first-order valence-corrected chi connectivity index (χ1v) is 9.73. The number of aromatic nitrogens is 1. The Hall–Kier alpha value is -2.92. The standard InChI is InChI=1S/C23H26N2O3/c1-4-27-21-13-16-15-24-23(17-9-6-7-11-20(17)26-3)18-10-8-12-25(18)19(16)14-22(21)28-5-2/h6-14,23-24H,4-5,15H2,1-3H3/t23-/m1/s1. The predicted octanol–water partition coefficient (Wildman–Crippen LogP) is 4.48. The first-order chi connectivity index (χ1) is 13.8. The van der Waals surface area contributed by atoms with Crippen molar-refractivity contribution in [3.63, 3.8) is 0 Å². The molecule has 0 amide bonds. The van der Waals surface area contributed by atoms with Gasteiger partial charge in [0.15, 0.2) is 11.5 Å². The van der Waals surface area contributed by atoms with Gasteiger partial charge in [-0.1, -0.05) is 18.2 Å². The lowest BCUT2D eigenvalue weighted by molar-refractivity contribution is 0.287. The minimum Gasteiger partial charge on any atom is -0.496 e. The zero-order valence-electron chi connectivity index (χ0n) is 16.6. The third kappa shape index (κ3) is 3.22. The number of nitrogens with zero attached hydrogens (tertiary/aromatic N) is 1. The molecule has 0 saturated carbocycles. The van der Waals surface area contributed by atoms with Crippen molar-refractivity contribution in [3.05, 3.63) is 71.5 Å². The van der Waals surface area contributed by atoms with Gasteiger partial charge in [0.1, 0.15) is 5.75 Å². The average Bonchev–Trinajstić information content (AvgIpc) is 3.14. The summed E-state index contributed by atoms with van der Waals surface area (Å²) >= 11 is 0. The minimum atomic E-state index is 0.0182. The van der Waals surface area contributed by atoms with Crippen molar-refractivity contribution in [1.82, 2.24) is 9.88 Å². The highest BCUT2D eigenvalue weighted by molar-refractivity contribution is 5.57. The molecule has 0 unspecified atom stereocenters. The molecule has 0 bridgehead atoms. The molecule has 146 valence electrons. The van der Waals surface area contributed by atoms with Gasteiger partial charge in [0.2, 0.25) is 0 Å². The van der Waals surface area contributed by atoms with Crippen molar-refractivity contribution in [2.45, 2.75) is 26.4 Å². The summed E-state index contributed by atoms with van der Waals surface area (Å²) < 4.78 is 19.5. The Kier molecular flexibility index (Phi) is 5.26. The van der Waals surface area contributed by atoms with Gasteiger partial charge < -0.3 is 24.1 Å². The van der Waals surface area contributed by atoms with Crippen LogP contribution in [-0.4, -0.2) is 24.9 Å². The van der Waals surface area contributed by atoms with E-state index in [0.29, 0.717) is 19.8 Å². The van der Waals surface area contributed by atoms with Crippen LogP contribution in [0.15, 0.2) is 54.7 Å². The molecule has 0 saturated heterocycles. The van der Waals surface area contributed by atoms with E-state index in [0.717, 1.165) is 34.2 Å². The molecule has 0 spiro atoms. The summed E-state index contributed by atoms with van der Waals surface area (Å²) in [6.07, 6.45) is 2.10. The molecule has 3 aromatic rings. The summed E-state index contributed by atoms with van der Waals surface area (Å²) in [5.74, 6) is 2.44. The Morgan fingerprint density at radius 1 is 0.964 bits per heavy atom. The number of ether oxygens (including phenoxy) is 3. The third-order valence-electron chi connectivity index (χ3n) is 5.03. The van der Waals surface area contributed by atoms with E-state index in [2.05, 4.69) is 46.4 Å². The molecular weight excluding hydrogens is 352 g/mol. The molecule has 5 nitrogen and oxygen atoms in total. The SMILES string of the molecule is CCOc1cc2c(cc1OCC)-n1cccc1[C@@H](c1ccccc1OC)NC2. The molecule has 0 radical (unpaired) electrons. The minimum absolute atomic E-state index is 0.0182. The maximum atomic E-state index is 5.86. The van der Waals surface area contributed by atoms with E-state index in [1.165, 1.54) is 5.56 Å². The van der Waals surface area contributed by atoms with Crippen LogP contribution in [0, 0.1) is 0 Å². The predicted molar refractivity (Wildman–Crippen MR) is 110 cm³/mol. The lowest BCUT2D eigenvalue weighted by Crippen LogP contribution is -2.21. The number of rotatable bonds is 6. The highest BCUT2D eigenvalue weighted by atomic mass is 16.5. The molecular formula is C23H26N2O3. The van der Waals surface area contributed by atoms with Crippen LogP contribution in [0.25, 0.3) is 5.69 Å². The van der Waals surface area contributed by atoms with Gasteiger partial charge >= 0.3 is 0 Å². The highest BCUT2D eigenvalue weighted by Crippen LogP contribution is 2.38. The van der Waals surface area contributed by atoms with E-state index < -0.39 is 0 Å². The largest absolute Gasteiger partial charge is 0.496 e. The zero-order valence-corrected chi connectivity index (χ0v) is 16.6. The van der Waals surface area contributed by atoms with Crippen LogP contribution >= 0.6 is 0 Å². The third-order valence-corrected chi connectivity index (χ3v) is 5.03. The number of hydrogen-bond donors (Lipinski definition) is 1. The second-order valence-electron chi connectivity index (χ2n) is 6.65. The first kappa shape index (κ1) is 18.4. The van der Waals surface area contributed by atoms with Gasteiger partial charge in [-0.3, -0.25) is 0 Å². The van der Waals surface area contributed by atoms with E-state index in [-0.39, 0.29) is 6.04 Å². The van der Waals surface area contributed by atoms with Gasteiger partial charge in [-0.25, -0.2) is 0 Å². The summed E-state index contributed by atoms with van der Waals surface area (Å²) in [4.78, 5) is 0. The monoisotopic (exact) mass is 378 g/mol. The molecule has 1 aliphatic heterocycles. The average molecular weight is 378 g/mol. The van der Waals surface area contributed by atoms with E-state index in [1.807, 2.05) is 32.0 Å². The topological polar surface area (TPSA) is 44.7 Å². The molecule has 2 aromatic carbocycles. The van der Waals surface area contributed by atoms with Crippen LogP contribution in [-0.2, 0) is 6.54 Å². The van der Waals surface area contributed by atoms with Crippen LogP contribution in [0.2, 0.25) is 0 Å². The molecule has 0 aliphatic carbocycles. The number of nitrogens with one attached hydrogen (secondary N) is 1. The molecule has 1 atom stereocenters. The fourth-order valence-corrected chi connectivity index (χ4v) is 3.83. The summed E-state index contributed by atoms with van der Waals surface area (Å²) in [6.45, 7) is 5.89. The molecule has 2 heterocycles. The van der Waals surface area contributed by atoms with Crippen LogP contribution in [0.3, 0.4) is 0 Å². The van der Waals surface area contributed by atoms with E-state index in [1.54, 1.807) is 7.11 Å². The maximum Gasteiger partial charge on any atom is 0.163 e. The van der Waals surface area contributed by atoms with Gasteiger partial charge in [0, 0.05) is 30.1 Å². The Labute approximate surface area is 165 Å². The molecule has 5 heteroatoms. The summed E-state index contributed by atoms with van der Waals surface area (Å²) in [7, 11) is 1.71. The molecule has 1 aliphatic rings. The first-order valence-electron chi connectivity index (χ1n) is 9.73. The van der Waals surface area contributed by atoms with E-state index in [4.69, 9.17) is 14.2 Å². The van der Waals surface area contributed by atoms with Gasteiger partial charge in [0.25, 0.3) is 0 Å². The summed E-state index contributed by atoms with van der Waals surface area (Å²) in [5, 5.41) is 3.69. The van der Waals surface area contributed by atoms with Crippen LogP contribution in [0.5, 0.6) is 17.2 Å². The van der Waals surface area contributed by atoms with Crippen LogP contribution in [0.1, 0.15) is 36.7 Å². The van der Waals surface area contributed by atoms with Crippen molar-refractivity contribution < 1.29 is 14.2 Å². The second kappa shape index (κ2) is 7.98. The fraction of sp³-hybridized carbons (Fsp3) is 0.304. The van der Waals surface area contributed by atoms with Gasteiger partial charge in [-0.15, -0.1) is 0 Å². The van der Waals surface area contributed by atoms with Crippen molar-refractivity contribution in [2.75, 3.05) is 20.3 Å². The lowest BCUT2D eigenvalue weighted by atomic mass is 10.0. The molecule has 1 aromatic heterocycles. The normalized spacial score (nSPS) is 15.3. The van der Waals surface area contributed by atoms with Gasteiger partial charge in [-0.05, 0) is 43.7 Å². The Morgan fingerprint density at radius 2 is 1.71 bits per heavy atom. The lowest BCUT2D eigenvalue weighted by Gasteiger charge is -2.20. The van der Waals surface area contributed by atoms with Crippen molar-refractivity contribution in [1.29, 1.82) is 0 Å². The number of fused-ring (bicyclic) bond motifs is 3. The van der Waals surface area contributed by atoms with E-state index >= 15 is 0 Å². The molecule has 28 heavy (non-hydrogen) atoms. The van der Waals surface area contributed by atoms with Crippen LogP contribution in [0.4, 0.5) is 0 Å². The highest BCUT2D eigenvalue weighted by Gasteiger charge is 2.26. The van der Waals surface area contributed by atoms with Gasteiger partial charge in [-0.2, -0.15) is 0 Å². The molecule has 0 fully saturated rings. The van der Waals surface area contributed by atoms with E-state index in [9.17, 15) is 0 Å². The zero-order chi connectivity index (χ0) is 19.5. The summed E-state index contributed by atoms with van der Waals surface area (Å²) in [6, 6.07) is 16.6. The number of para-hydroxylation sites is 1. The van der Waals surface area contributed by atoms with Gasteiger partial charge in [0.05, 0.1) is 32.1 Å². The Balaban J connectivity index is 1.83. The number of benzene rings is 2. The van der Waals surface area contributed by atoms with Crippen molar-refractivity contribution in [2.24, 2.45) is 0 Å². The Morgan fingerprint density at radius 3 is 2.46 bits per heavy atom. The molecule has 1 N–H and O–H groups in total. The summed E-state index contributed by atoms with van der Waals surface area (Å²) in [5.41, 5.74) is 4.56. The fourth-order valence-electron chi connectivity index (χ4n) is 3.83. The van der Waals surface area contributed by atoms with Crippen molar-refractivity contribution >= 4 is 0 Å². The quantitative estimate of drug-likeness (QED) is 0.687.